The van der Waals surface area contributed by atoms with E-state index < -0.39 is 0 Å². The first-order valence-electron chi connectivity index (χ1n) is 10.4. The third-order valence-electron chi connectivity index (χ3n) is 6.12. The van der Waals surface area contributed by atoms with E-state index in [1.807, 2.05) is 42.5 Å². The van der Waals surface area contributed by atoms with Gasteiger partial charge in [-0.2, -0.15) is 0 Å². The molecule has 0 radical (unpaired) electrons. The highest BCUT2D eigenvalue weighted by Crippen LogP contribution is 2.33. The molecule has 0 aliphatic carbocycles. The van der Waals surface area contributed by atoms with Crippen molar-refractivity contribution in [3.05, 3.63) is 65.7 Å². The summed E-state index contributed by atoms with van der Waals surface area (Å²) in [5.41, 5.74) is 1.95. The largest absolute Gasteiger partial charge is 0.326 e. The summed E-state index contributed by atoms with van der Waals surface area (Å²) in [4.78, 5) is 27.9. The van der Waals surface area contributed by atoms with Crippen molar-refractivity contribution < 1.29 is 9.59 Å². The van der Waals surface area contributed by atoms with Gasteiger partial charge in [-0.15, -0.1) is 0 Å². The number of piperidine rings is 2. The Hall–Kier alpha value is -2.46. The van der Waals surface area contributed by atoms with Gasteiger partial charge in [0.2, 0.25) is 5.91 Å². The lowest BCUT2D eigenvalue weighted by Crippen LogP contribution is -2.48. The van der Waals surface area contributed by atoms with Crippen LogP contribution in [0.1, 0.15) is 54.4 Å². The van der Waals surface area contributed by atoms with Gasteiger partial charge >= 0.3 is 0 Å². The van der Waals surface area contributed by atoms with Gasteiger partial charge in [0.25, 0.3) is 0 Å². The Kier molecular flexibility index (Phi) is 5.87. The van der Waals surface area contributed by atoms with Crippen LogP contribution in [0, 0.1) is 5.92 Å². The lowest BCUT2D eigenvalue weighted by molar-refractivity contribution is -0.118. The molecular weight excluding hydrogens is 348 g/mol. The summed E-state index contributed by atoms with van der Waals surface area (Å²) < 4.78 is 0. The molecule has 28 heavy (non-hydrogen) atoms. The fraction of sp³-hybridized carbons (Fsp3) is 0.417. The normalized spacial score (nSPS) is 22.3. The number of benzene rings is 2. The van der Waals surface area contributed by atoms with E-state index in [4.69, 9.17) is 0 Å². The quantitative estimate of drug-likeness (QED) is 0.781. The predicted octanol–water partition coefficient (Wildman–Crippen LogP) is 4.51. The minimum atomic E-state index is -0.0261. The number of rotatable bonds is 5. The van der Waals surface area contributed by atoms with Crippen LogP contribution < -0.4 is 5.32 Å². The van der Waals surface area contributed by atoms with Crippen LogP contribution >= 0.6 is 0 Å². The monoisotopic (exact) mass is 376 g/mol. The van der Waals surface area contributed by atoms with Crippen molar-refractivity contribution in [3.8, 4) is 0 Å². The number of nitrogens with zero attached hydrogens (tertiary/aromatic N) is 1. The van der Waals surface area contributed by atoms with Crippen molar-refractivity contribution in [3.63, 3.8) is 0 Å². The summed E-state index contributed by atoms with van der Waals surface area (Å²) in [6.07, 6.45) is 6.69. The van der Waals surface area contributed by atoms with E-state index in [9.17, 15) is 9.59 Å². The Morgan fingerprint density at radius 1 is 0.893 bits per heavy atom. The van der Waals surface area contributed by atoms with Crippen molar-refractivity contribution in [2.75, 3.05) is 18.4 Å². The summed E-state index contributed by atoms with van der Waals surface area (Å²) in [6, 6.07) is 17.1. The number of carbonyl (C=O) groups excluding carboxylic acids is 2. The van der Waals surface area contributed by atoms with Crippen LogP contribution in [-0.2, 0) is 4.79 Å². The maximum Gasteiger partial charge on any atom is 0.224 e. The number of hydrogen-bond donors (Lipinski definition) is 1. The van der Waals surface area contributed by atoms with Crippen LogP contribution in [0.5, 0.6) is 0 Å². The molecule has 0 aromatic heterocycles. The topological polar surface area (TPSA) is 49.4 Å². The first-order chi connectivity index (χ1) is 13.7. The molecule has 2 aliphatic rings. The summed E-state index contributed by atoms with van der Waals surface area (Å²) >= 11 is 0. The molecule has 4 nitrogen and oxygen atoms in total. The van der Waals surface area contributed by atoms with Gasteiger partial charge in [0.15, 0.2) is 5.78 Å². The Morgan fingerprint density at radius 3 is 2.54 bits per heavy atom. The van der Waals surface area contributed by atoms with Crippen LogP contribution in [0.15, 0.2) is 54.6 Å². The van der Waals surface area contributed by atoms with Crippen molar-refractivity contribution in [2.45, 2.75) is 44.6 Å². The molecule has 146 valence electrons. The fourth-order valence-corrected chi connectivity index (χ4v) is 4.76. The standard InChI is InChI=1S/C24H28N2O2/c27-23(17-19-11-7-15-26-14-5-4-13-22(19)26)25-21-12-6-10-20(16-21)24(28)18-8-2-1-3-9-18/h1-3,6,8-10,12,16,19,22H,4-5,7,11,13-15,17H2,(H,25,27)/t19-,22+/m0/s1. The van der Waals surface area contributed by atoms with Gasteiger partial charge < -0.3 is 10.2 Å². The molecule has 1 N–H and O–H groups in total. The van der Waals surface area contributed by atoms with E-state index in [0.717, 1.165) is 6.42 Å². The maximum atomic E-state index is 12.7. The van der Waals surface area contributed by atoms with Crippen molar-refractivity contribution in [2.24, 2.45) is 5.92 Å². The lowest BCUT2D eigenvalue weighted by atomic mass is 9.81. The molecule has 2 aromatic rings. The molecule has 2 aromatic carbocycles. The highest BCUT2D eigenvalue weighted by molar-refractivity contribution is 6.09. The van der Waals surface area contributed by atoms with Gasteiger partial charge in [-0.25, -0.2) is 0 Å². The second kappa shape index (κ2) is 8.70. The molecule has 2 heterocycles. The van der Waals surface area contributed by atoms with Gasteiger partial charge in [-0.1, -0.05) is 48.9 Å². The smallest absolute Gasteiger partial charge is 0.224 e. The van der Waals surface area contributed by atoms with Crippen LogP contribution in [0.25, 0.3) is 0 Å². The fourth-order valence-electron chi connectivity index (χ4n) is 4.76. The summed E-state index contributed by atoms with van der Waals surface area (Å²) in [5, 5.41) is 3.02. The predicted molar refractivity (Wildman–Crippen MR) is 111 cm³/mol. The lowest BCUT2D eigenvalue weighted by Gasteiger charge is -2.44. The highest BCUT2D eigenvalue weighted by Gasteiger charge is 2.33. The summed E-state index contributed by atoms with van der Waals surface area (Å²) in [6.45, 7) is 2.37. The number of anilines is 1. The number of amides is 1. The van der Waals surface area contributed by atoms with E-state index in [0.29, 0.717) is 35.2 Å². The van der Waals surface area contributed by atoms with Gasteiger partial charge in [0.1, 0.15) is 0 Å². The van der Waals surface area contributed by atoms with Crippen molar-refractivity contribution in [1.29, 1.82) is 0 Å². The van der Waals surface area contributed by atoms with Crippen molar-refractivity contribution >= 4 is 17.4 Å². The van der Waals surface area contributed by atoms with E-state index in [2.05, 4.69) is 10.2 Å². The minimum absolute atomic E-state index is 0.0261. The van der Waals surface area contributed by atoms with E-state index >= 15 is 0 Å². The first kappa shape index (κ1) is 18.9. The zero-order chi connectivity index (χ0) is 19.3. The van der Waals surface area contributed by atoms with Crippen LogP contribution in [0.2, 0.25) is 0 Å². The summed E-state index contributed by atoms with van der Waals surface area (Å²) in [7, 11) is 0. The van der Waals surface area contributed by atoms with Gasteiger partial charge in [-0.05, 0) is 56.8 Å². The van der Waals surface area contributed by atoms with Gasteiger partial charge in [-0.3, -0.25) is 9.59 Å². The number of nitrogens with one attached hydrogen (secondary N) is 1. The second-order valence-corrected chi connectivity index (χ2v) is 8.03. The average molecular weight is 377 g/mol. The minimum Gasteiger partial charge on any atom is -0.326 e. The number of carbonyl (C=O) groups is 2. The third-order valence-corrected chi connectivity index (χ3v) is 6.12. The van der Waals surface area contributed by atoms with E-state index in [1.165, 1.54) is 38.8 Å². The van der Waals surface area contributed by atoms with Crippen molar-refractivity contribution in [1.82, 2.24) is 4.90 Å². The van der Waals surface area contributed by atoms with Gasteiger partial charge in [0.05, 0.1) is 0 Å². The molecule has 0 saturated carbocycles. The van der Waals surface area contributed by atoms with Gasteiger partial charge in [0, 0.05) is 29.3 Å². The average Bonchev–Trinajstić information content (AvgIpc) is 2.74. The van der Waals surface area contributed by atoms with Crippen LogP contribution in [0.4, 0.5) is 5.69 Å². The molecule has 2 saturated heterocycles. The Labute approximate surface area is 166 Å². The first-order valence-corrected chi connectivity index (χ1v) is 10.4. The van der Waals surface area contributed by atoms with E-state index in [1.54, 1.807) is 12.1 Å². The molecule has 2 aliphatic heterocycles. The molecule has 2 atom stereocenters. The molecule has 1 amide bonds. The number of fused-ring (bicyclic) bond motifs is 1. The Morgan fingerprint density at radius 2 is 1.68 bits per heavy atom. The highest BCUT2D eigenvalue weighted by atomic mass is 16.1. The van der Waals surface area contributed by atoms with E-state index in [-0.39, 0.29) is 11.7 Å². The molecule has 4 rings (SSSR count). The summed E-state index contributed by atoms with van der Waals surface area (Å²) in [5.74, 6) is 0.478. The Bertz CT molecular complexity index is 832. The SMILES string of the molecule is O=C(C[C@@H]1CCCN2CCCC[C@H]12)Nc1cccc(C(=O)c2ccccc2)c1. The maximum absolute atomic E-state index is 12.7. The molecule has 4 heteroatoms. The number of ketones is 1. The molecule has 0 unspecified atom stereocenters. The zero-order valence-electron chi connectivity index (χ0n) is 16.3. The van der Waals surface area contributed by atoms with Crippen LogP contribution in [-0.4, -0.2) is 35.7 Å². The molecule has 0 bridgehead atoms. The third kappa shape index (κ3) is 4.33. The Balaban J connectivity index is 1.40. The zero-order valence-corrected chi connectivity index (χ0v) is 16.3. The molecule has 2 fully saturated rings. The number of hydrogen-bond acceptors (Lipinski definition) is 3. The second-order valence-electron chi connectivity index (χ2n) is 8.03. The molecular formula is C24H28N2O2. The molecule has 0 spiro atoms. The van der Waals surface area contributed by atoms with Crippen LogP contribution in [0.3, 0.4) is 0 Å².